The van der Waals surface area contributed by atoms with Crippen LogP contribution >= 0.6 is 0 Å². The Hall–Kier alpha value is -2.49. The van der Waals surface area contributed by atoms with Crippen LogP contribution in [0.1, 0.15) is 21.8 Å². The number of rotatable bonds is 4. The number of ketones is 1. The summed E-state index contributed by atoms with van der Waals surface area (Å²) in [6.07, 6.45) is 0. The fourth-order valence-corrected chi connectivity index (χ4v) is 2.72. The minimum absolute atomic E-state index is 0.0420. The van der Waals surface area contributed by atoms with Gasteiger partial charge in [-0.3, -0.25) is 4.79 Å². The lowest BCUT2D eigenvalue weighted by molar-refractivity contribution is 0.0956. The molecule has 112 valence electrons. The lowest BCUT2D eigenvalue weighted by atomic mass is 9.88. The second kappa shape index (κ2) is 6.10. The van der Waals surface area contributed by atoms with E-state index in [4.69, 9.17) is 0 Å². The topological polar surface area (TPSA) is 45.0 Å². The maximum Gasteiger partial charge on any atom is 0.189 e. The van der Waals surface area contributed by atoms with E-state index in [-0.39, 0.29) is 11.7 Å². The molecule has 0 bridgehead atoms. The number of benzene rings is 2. The SMILES string of the molecule is CN(C)c1ccc(C(=O)[C@@H]2N=NC[C@@H]2c2ccccc2)cc1. The van der Waals surface area contributed by atoms with Gasteiger partial charge in [-0.1, -0.05) is 30.3 Å². The number of carbonyl (C=O) groups is 1. The van der Waals surface area contributed by atoms with Crippen LogP contribution in [0.25, 0.3) is 0 Å². The molecule has 2 aromatic rings. The van der Waals surface area contributed by atoms with Crippen molar-refractivity contribution >= 4 is 11.5 Å². The molecule has 2 atom stereocenters. The summed E-state index contributed by atoms with van der Waals surface area (Å²) in [4.78, 5) is 14.8. The van der Waals surface area contributed by atoms with Gasteiger partial charge in [-0.25, -0.2) is 0 Å². The van der Waals surface area contributed by atoms with E-state index in [1.807, 2.05) is 73.6 Å². The van der Waals surface area contributed by atoms with Crippen molar-refractivity contribution < 1.29 is 4.79 Å². The molecule has 22 heavy (non-hydrogen) atoms. The molecule has 1 heterocycles. The maximum absolute atomic E-state index is 12.7. The quantitative estimate of drug-likeness (QED) is 0.809. The Bertz CT molecular complexity index is 677. The molecule has 0 fully saturated rings. The average molecular weight is 293 g/mol. The molecule has 0 unspecified atom stereocenters. The van der Waals surface area contributed by atoms with Gasteiger partial charge in [0.2, 0.25) is 0 Å². The summed E-state index contributed by atoms with van der Waals surface area (Å²) in [7, 11) is 3.96. The second-order valence-electron chi connectivity index (χ2n) is 5.71. The van der Waals surface area contributed by atoms with Crippen molar-refractivity contribution in [2.45, 2.75) is 12.0 Å². The van der Waals surface area contributed by atoms with Gasteiger partial charge in [-0.2, -0.15) is 10.2 Å². The van der Waals surface area contributed by atoms with E-state index in [1.165, 1.54) is 0 Å². The number of anilines is 1. The van der Waals surface area contributed by atoms with Crippen molar-refractivity contribution in [3.63, 3.8) is 0 Å². The van der Waals surface area contributed by atoms with Crippen LogP contribution < -0.4 is 4.90 Å². The van der Waals surface area contributed by atoms with Gasteiger partial charge in [0.15, 0.2) is 5.78 Å². The highest BCUT2D eigenvalue weighted by molar-refractivity contribution is 6.01. The summed E-state index contributed by atoms with van der Waals surface area (Å²) >= 11 is 0. The summed E-state index contributed by atoms with van der Waals surface area (Å²) in [5, 5.41) is 8.30. The third-order valence-electron chi connectivity index (χ3n) is 4.03. The van der Waals surface area contributed by atoms with Crippen LogP contribution in [0.2, 0.25) is 0 Å². The fourth-order valence-electron chi connectivity index (χ4n) is 2.72. The zero-order valence-electron chi connectivity index (χ0n) is 12.8. The zero-order valence-corrected chi connectivity index (χ0v) is 12.8. The van der Waals surface area contributed by atoms with E-state index in [0.717, 1.165) is 11.3 Å². The fraction of sp³-hybridized carbons (Fsp3) is 0.278. The van der Waals surface area contributed by atoms with Gasteiger partial charge >= 0.3 is 0 Å². The number of azo groups is 1. The second-order valence-corrected chi connectivity index (χ2v) is 5.71. The van der Waals surface area contributed by atoms with Crippen molar-refractivity contribution in [1.29, 1.82) is 0 Å². The molecule has 1 aliphatic rings. The minimum Gasteiger partial charge on any atom is -0.378 e. The first-order valence-corrected chi connectivity index (χ1v) is 7.40. The van der Waals surface area contributed by atoms with Crippen LogP contribution in [-0.4, -0.2) is 32.5 Å². The molecule has 0 aliphatic carbocycles. The molecule has 0 amide bonds. The van der Waals surface area contributed by atoms with Gasteiger partial charge in [-0.15, -0.1) is 0 Å². The Balaban J connectivity index is 1.83. The average Bonchev–Trinajstić information content (AvgIpc) is 3.04. The highest BCUT2D eigenvalue weighted by Gasteiger charge is 2.33. The Morgan fingerprint density at radius 1 is 1.05 bits per heavy atom. The summed E-state index contributed by atoms with van der Waals surface area (Å²) in [5.41, 5.74) is 2.89. The highest BCUT2D eigenvalue weighted by Crippen LogP contribution is 2.30. The van der Waals surface area contributed by atoms with Gasteiger partial charge in [0, 0.05) is 31.3 Å². The number of nitrogens with zero attached hydrogens (tertiary/aromatic N) is 3. The Kier molecular flexibility index (Phi) is 4.00. The lowest BCUT2D eigenvalue weighted by Gasteiger charge is -2.17. The van der Waals surface area contributed by atoms with Crippen LogP contribution in [0.5, 0.6) is 0 Å². The molecule has 0 N–H and O–H groups in total. The molecule has 3 rings (SSSR count). The van der Waals surface area contributed by atoms with E-state index in [2.05, 4.69) is 10.2 Å². The summed E-state index contributed by atoms with van der Waals surface area (Å²) in [5.74, 6) is 0.0858. The molecule has 0 saturated heterocycles. The number of Topliss-reactive ketones (excluding diaryl/α,β-unsaturated/α-hetero) is 1. The normalized spacial score (nSPS) is 20.1. The Morgan fingerprint density at radius 2 is 1.73 bits per heavy atom. The third kappa shape index (κ3) is 2.77. The first-order chi connectivity index (χ1) is 10.7. The number of carbonyl (C=O) groups excluding carboxylic acids is 1. The van der Waals surface area contributed by atoms with E-state index < -0.39 is 6.04 Å². The molecule has 0 radical (unpaired) electrons. The van der Waals surface area contributed by atoms with Crippen molar-refractivity contribution in [3.8, 4) is 0 Å². The van der Waals surface area contributed by atoms with E-state index in [9.17, 15) is 4.79 Å². The molecular formula is C18H19N3O. The van der Waals surface area contributed by atoms with Crippen molar-refractivity contribution in [3.05, 3.63) is 65.7 Å². The standard InChI is InChI=1S/C18H19N3O/c1-21(2)15-10-8-14(9-11-15)18(22)17-16(12-19-20-17)13-6-4-3-5-7-13/h3-11,16-17H,12H2,1-2H3/t16-,17-/m1/s1. The Morgan fingerprint density at radius 3 is 2.36 bits per heavy atom. The van der Waals surface area contributed by atoms with E-state index in [0.29, 0.717) is 12.1 Å². The van der Waals surface area contributed by atoms with Crippen LogP contribution in [0.15, 0.2) is 64.8 Å². The largest absolute Gasteiger partial charge is 0.378 e. The summed E-state index contributed by atoms with van der Waals surface area (Å²) in [6, 6.07) is 17.3. The molecule has 4 nitrogen and oxygen atoms in total. The van der Waals surface area contributed by atoms with Crippen LogP contribution in [0.4, 0.5) is 5.69 Å². The van der Waals surface area contributed by atoms with Crippen molar-refractivity contribution in [2.24, 2.45) is 10.2 Å². The summed E-state index contributed by atoms with van der Waals surface area (Å²) < 4.78 is 0. The predicted octanol–water partition coefficient (Wildman–Crippen LogP) is 3.55. The summed E-state index contributed by atoms with van der Waals surface area (Å²) in [6.45, 7) is 0.580. The number of hydrogen-bond donors (Lipinski definition) is 0. The van der Waals surface area contributed by atoms with Crippen molar-refractivity contribution in [1.82, 2.24) is 0 Å². The lowest BCUT2D eigenvalue weighted by Crippen LogP contribution is -2.25. The van der Waals surface area contributed by atoms with Gasteiger partial charge in [-0.05, 0) is 29.8 Å². The first-order valence-electron chi connectivity index (χ1n) is 7.40. The molecule has 0 spiro atoms. The van der Waals surface area contributed by atoms with Crippen molar-refractivity contribution in [2.75, 3.05) is 25.5 Å². The monoisotopic (exact) mass is 293 g/mol. The van der Waals surface area contributed by atoms with Gasteiger partial charge in [0.25, 0.3) is 0 Å². The highest BCUT2D eigenvalue weighted by atomic mass is 16.1. The van der Waals surface area contributed by atoms with Gasteiger partial charge < -0.3 is 4.90 Å². The molecular weight excluding hydrogens is 274 g/mol. The minimum atomic E-state index is -0.410. The predicted molar refractivity (Wildman–Crippen MR) is 87.8 cm³/mol. The van der Waals surface area contributed by atoms with E-state index >= 15 is 0 Å². The molecule has 1 aliphatic heterocycles. The van der Waals surface area contributed by atoms with Gasteiger partial charge in [0.05, 0.1) is 6.54 Å². The molecule has 0 saturated carbocycles. The number of hydrogen-bond acceptors (Lipinski definition) is 4. The van der Waals surface area contributed by atoms with Gasteiger partial charge in [0.1, 0.15) is 6.04 Å². The van der Waals surface area contributed by atoms with Crippen LogP contribution in [0.3, 0.4) is 0 Å². The Labute approximate surface area is 130 Å². The smallest absolute Gasteiger partial charge is 0.189 e. The molecule has 4 heteroatoms. The molecule has 0 aromatic heterocycles. The molecule has 2 aromatic carbocycles. The first kappa shape index (κ1) is 14.4. The zero-order chi connectivity index (χ0) is 15.5. The van der Waals surface area contributed by atoms with E-state index in [1.54, 1.807) is 0 Å². The van der Waals surface area contributed by atoms with Crippen LogP contribution in [0, 0.1) is 0 Å². The third-order valence-corrected chi connectivity index (χ3v) is 4.03. The van der Waals surface area contributed by atoms with Crippen LogP contribution in [-0.2, 0) is 0 Å². The maximum atomic E-state index is 12.7.